The molecule has 2 aliphatic heterocycles. The zero-order chi connectivity index (χ0) is 25.1. The molecule has 0 radical (unpaired) electrons. The molecule has 1 saturated carbocycles. The summed E-state index contributed by atoms with van der Waals surface area (Å²) in [6.07, 6.45) is 6.77. The summed E-state index contributed by atoms with van der Waals surface area (Å²) in [5.41, 5.74) is 2.05. The molecule has 1 N–H and O–H groups in total. The van der Waals surface area contributed by atoms with Gasteiger partial charge in [0.25, 0.3) is 0 Å². The molecule has 1 spiro atoms. The number of nitrogens with one attached hydrogen (secondary N) is 1. The summed E-state index contributed by atoms with van der Waals surface area (Å²) < 4.78 is 1.06. The van der Waals surface area contributed by atoms with E-state index in [2.05, 4.69) is 44.3 Å². The molecular weight excluding hydrogens is 573 g/mol. The van der Waals surface area contributed by atoms with E-state index in [9.17, 15) is 9.59 Å². The van der Waals surface area contributed by atoms with E-state index in [-0.39, 0.29) is 35.7 Å². The van der Waals surface area contributed by atoms with Crippen molar-refractivity contribution >= 4 is 51.8 Å². The number of halogens is 3. The third-order valence-corrected chi connectivity index (χ3v) is 9.24. The Morgan fingerprint density at radius 2 is 1.78 bits per heavy atom. The van der Waals surface area contributed by atoms with Gasteiger partial charge >= 0.3 is 0 Å². The standard InChI is InChI=1S/C29H35BrClN3O2.ClH/c30-24-9-7-21(8-10-24)20-34-18-14-29(28(34)36)12-16-33(17-13-29)15-11-26(23-5-2-6-25(31)19-23)32-27(35)22-3-1-4-22;/h2,5-10,19,22,26H,1,3-4,11-18,20H2,(H,32,35);1H. The zero-order valence-corrected chi connectivity index (χ0v) is 24.3. The fourth-order valence-corrected chi connectivity index (χ4v) is 6.30. The van der Waals surface area contributed by atoms with Crippen molar-refractivity contribution in [3.63, 3.8) is 0 Å². The molecule has 37 heavy (non-hydrogen) atoms. The van der Waals surface area contributed by atoms with Crippen molar-refractivity contribution in [1.29, 1.82) is 0 Å². The van der Waals surface area contributed by atoms with Gasteiger partial charge < -0.3 is 15.1 Å². The van der Waals surface area contributed by atoms with Crippen molar-refractivity contribution in [2.75, 3.05) is 26.2 Å². The lowest BCUT2D eigenvalue weighted by Gasteiger charge is -2.38. The van der Waals surface area contributed by atoms with Crippen LogP contribution < -0.4 is 5.32 Å². The van der Waals surface area contributed by atoms with Crippen LogP contribution in [0.25, 0.3) is 0 Å². The number of rotatable bonds is 8. The first-order valence-corrected chi connectivity index (χ1v) is 14.4. The fourth-order valence-electron chi connectivity index (χ4n) is 5.84. The minimum atomic E-state index is -0.198. The summed E-state index contributed by atoms with van der Waals surface area (Å²) in [6, 6.07) is 16.1. The van der Waals surface area contributed by atoms with Gasteiger partial charge in [0, 0.05) is 35.0 Å². The highest BCUT2D eigenvalue weighted by Gasteiger charge is 2.47. The van der Waals surface area contributed by atoms with Crippen LogP contribution in [0.15, 0.2) is 53.0 Å². The van der Waals surface area contributed by atoms with Gasteiger partial charge in [-0.05, 0) is 87.0 Å². The second-order valence-electron chi connectivity index (χ2n) is 10.8. The second kappa shape index (κ2) is 12.5. The maximum absolute atomic E-state index is 13.4. The van der Waals surface area contributed by atoms with Crippen molar-refractivity contribution < 1.29 is 9.59 Å². The molecule has 1 unspecified atom stereocenters. The number of nitrogens with zero attached hydrogens (tertiary/aromatic N) is 2. The Hall–Kier alpha value is -1.60. The second-order valence-corrected chi connectivity index (χ2v) is 12.1. The minimum Gasteiger partial charge on any atom is -0.349 e. The summed E-state index contributed by atoms with van der Waals surface area (Å²) in [7, 11) is 0. The number of hydrogen-bond acceptors (Lipinski definition) is 3. The average Bonchev–Trinajstić information content (AvgIpc) is 3.13. The third kappa shape index (κ3) is 6.70. The molecule has 2 aromatic carbocycles. The number of piperidine rings is 1. The van der Waals surface area contributed by atoms with E-state index in [0.717, 1.165) is 81.2 Å². The highest BCUT2D eigenvalue weighted by molar-refractivity contribution is 9.10. The van der Waals surface area contributed by atoms with Crippen molar-refractivity contribution in [2.24, 2.45) is 11.3 Å². The van der Waals surface area contributed by atoms with Crippen LogP contribution in [0.2, 0.25) is 5.02 Å². The Labute approximate surface area is 239 Å². The molecule has 5 nitrogen and oxygen atoms in total. The summed E-state index contributed by atoms with van der Waals surface area (Å²) in [4.78, 5) is 30.6. The highest BCUT2D eigenvalue weighted by atomic mass is 79.9. The van der Waals surface area contributed by atoms with Crippen LogP contribution in [-0.4, -0.2) is 47.8 Å². The Bertz CT molecular complexity index is 1080. The van der Waals surface area contributed by atoms with E-state index in [1.165, 1.54) is 5.56 Å². The lowest BCUT2D eigenvalue weighted by atomic mass is 9.77. The predicted octanol–water partition coefficient (Wildman–Crippen LogP) is 6.39. The van der Waals surface area contributed by atoms with E-state index in [4.69, 9.17) is 11.6 Å². The summed E-state index contributed by atoms with van der Waals surface area (Å²) >= 11 is 9.75. The average molecular weight is 609 g/mol. The van der Waals surface area contributed by atoms with Gasteiger partial charge in [0.1, 0.15) is 0 Å². The highest BCUT2D eigenvalue weighted by Crippen LogP contribution is 2.42. The van der Waals surface area contributed by atoms with E-state index >= 15 is 0 Å². The Morgan fingerprint density at radius 1 is 1.08 bits per heavy atom. The van der Waals surface area contributed by atoms with Crippen LogP contribution >= 0.6 is 39.9 Å². The van der Waals surface area contributed by atoms with Crippen LogP contribution in [0.5, 0.6) is 0 Å². The van der Waals surface area contributed by atoms with Crippen LogP contribution in [0.4, 0.5) is 0 Å². The summed E-state index contributed by atoms with van der Waals surface area (Å²) in [6.45, 7) is 4.29. The monoisotopic (exact) mass is 607 g/mol. The summed E-state index contributed by atoms with van der Waals surface area (Å²) in [5, 5.41) is 4.00. The molecule has 0 bridgehead atoms. The molecule has 3 aliphatic rings. The first-order valence-electron chi connectivity index (χ1n) is 13.2. The van der Waals surface area contributed by atoms with Gasteiger partial charge in [-0.15, -0.1) is 12.4 Å². The molecule has 2 heterocycles. The molecule has 2 amide bonds. The van der Waals surface area contributed by atoms with Crippen LogP contribution in [0.1, 0.15) is 62.1 Å². The number of carbonyl (C=O) groups excluding carboxylic acids is 2. The van der Waals surface area contributed by atoms with E-state index in [1.807, 2.05) is 35.2 Å². The van der Waals surface area contributed by atoms with Gasteiger partial charge in [0.2, 0.25) is 11.8 Å². The van der Waals surface area contributed by atoms with Crippen molar-refractivity contribution in [1.82, 2.24) is 15.1 Å². The zero-order valence-electron chi connectivity index (χ0n) is 21.1. The quantitative estimate of drug-likeness (QED) is 0.378. The Kier molecular flexibility index (Phi) is 9.60. The third-order valence-electron chi connectivity index (χ3n) is 8.48. The molecule has 3 fully saturated rings. The van der Waals surface area contributed by atoms with Crippen molar-refractivity contribution in [3.8, 4) is 0 Å². The minimum absolute atomic E-state index is 0. The van der Waals surface area contributed by atoms with E-state index < -0.39 is 0 Å². The summed E-state index contributed by atoms with van der Waals surface area (Å²) in [5.74, 6) is 0.663. The van der Waals surface area contributed by atoms with Gasteiger partial charge in [-0.3, -0.25) is 9.59 Å². The van der Waals surface area contributed by atoms with Crippen molar-refractivity contribution in [3.05, 3.63) is 69.2 Å². The van der Waals surface area contributed by atoms with Crippen molar-refractivity contribution in [2.45, 2.75) is 57.5 Å². The molecule has 8 heteroatoms. The number of carbonyl (C=O) groups is 2. The molecule has 5 rings (SSSR count). The normalized spacial score (nSPS) is 20.4. The Morgan fingerprint density at radius 3 is 2.43 bits per heavy atom. The lowest BCUT2D eigenvalue weighted by Crippen LogP contribution is -2.45. The molecular formula is C29H36BrCl2N3O2. The maximum Gasteiger partial charge on any atom is 0.229 e. The SMILES string of the molecule is Cl.O=C(NC(CCN1CCC2(CC1)CCN(Cc1ccc(Br)cc1)C2=O)c1cccc(Cl)c1)C1CCC1. The predicted molar refractivity (Wildman–Crippen MR) is 154 cm³/mol. The Balaban J connectivity index is 0.00000320. The van der Waals surface area contributed by atoms with Gasteiger partial charge in [0.15, 0.2) is 0 Å². The molecule has 1 atom stereocenters. The number of likely N-dealkylation sites (tertiary alicyclic amines) is 2. The fraction of sp³-hybridized carbons (Fsp3) is 0.517. The number of benzene rings is 2. The lowest BCUT2D eigenvalue weighted by molar-refractivity contribution is -0.139. The van der Waals surface area contributed by atoms with E-state index in [0.29, 0.717) is 17.5 Å². The van der Waals surface area contributed by atoms with Gasteiger partial charge in [-0.1, -0.05) is 58.2 Å². The largest absolute Gasteiger partial charge is 0.349 e. The first kappa shape index (κ1) is 28.4. The number of amides is 2. The molecule has 0 aromatic heterocycles. The van der Waals surface area contributed by atoms with Crippen LogP contribution in [0.3, 0.4) is 0 Å². The molecule has 2 saturated heterocycles. The molecule has 1 aliphatic carbocycles. The maximum atomic E-state index is 13.4. The topological polar surface area (TPSA) is 52.7 Å². The molecule has 200 valence electrons. The van der Waals surface area contributed by atoms with Gasteiger partial charge in [-0.2, -0.15) is 0 Å². The van der Waals surface area contributed by atoms with Crippen LogP contribution in [0, 0.1) is 11.3 Å². The van der Waals surface area contributed by atoms with Crippen LogP contribution in [-0.2, 0) is 16.1 Å². The van der Waals surface area contributed by atoms with E-state index in [1.54, 1.807) is 0 Å². The van der Waals surface area contributed by atoms with Gasteiger partial charge in [-0.25, -0.2) is 0 Å². The molecule has 2 aromatic rings. The van der Waals surface area contributed by atoms with Gasteiger partial charge in [0.05, 0.1) is 11.5 Å². The smallest absolute Gasteiger partial charge is 0.229 e. The number of hydrogen-bond donors (Lipinski definition) is 1. The first-order chi connectivity index (χ1) is 17.4.